The van der Waals surface area contributed by atoms with E-state index in [4.69, 9.17) is 10.5 Å². The molecule has 5 heteroatoms. The fourth-order valence-electron chi connectivity index (χ4n) is 2.07. The number of esters is 1. The summed E-state index contributed by atoms with van der Waals surface area (Å²) in [6.07, 6.45) is 0. The third-order valence-corrected chi connectivity index (χ3v) is 3.97. The molecule has 0 aliphatic carbocycles. The van der Waals surface area contributed by atoms with Gasteiger partial charge in [-0.3, -0.25) is 0 Å². The number of benzene rings is 1. The molecule has 1 atom stereocenters. The molecule has 21 heavy (non-hydrogen) atoms. The van der Waals surface area contributed by atoms with E-state index in [0.717, 1.165) is 5.56 Å². The van der Waals surface area contributed by atoms with Crippen molar-refractivity contribution in [2.75, 3.05) is 0 Å². The van der Waals surface area contributed by atoms with Gasteiger partial charge >= 0.3 is 5.97 Å². The van der Waals surface area contributed by atoms with Gasteiger partial charge in [0, 0.05) is 0 Å². The summed E-state index contributed by atoms with van der Waals surface area (Å²) < 4.78 is 5.51. The standard InChI is InChI=1S/C16H20N2O2S/c1-10-12(14(19)20-16(2,3)4)13(21-15(17)18-10)11-8-6-5-7-9-11/h5-9,13H,1-4H3,(H2,17,18). The van der Waals surface area contributed by atoms with E-state index in [-0.39, 0.29) is 11.2 Å². The number of aliphatic imine (C=N–C) groups is 1. The molecule has 0 saturated heterocycles. The minimum atomic E-state index is -0.539. The van der Waals surface area contributed by atoms with Crippen LogP contribution in [-0.2, 0) is 9.53 Å². The lowest BCUT2D eigenvalue weighted by molar-refractivity contribution is -0.150. The predicted octanol–water partition coefficient (Wildman–Crippen LogP) is 3.40. The summed E-state index contributed by atoms with van der Waals surface area (Å²) in [7, 11) is 0. The van der Waals surface area contributed by atoms with Crippen molar-refractivity contribution in [2.45, 2.75) is 38.5 Å². The Hall–Kier alpha value is -1.75. The van der Waals surface area contributed by atoms with Crippen molar-refractivity contribution >= 4 is 22.9 Å². The second-order valence-corrected chi connectivity index (χ2v) is 6.98. The van der Waals surface area contributed by atoms with Crippen molar-refractivity contribution in [1.82, 2.24) is 0 Å². The molecule has 1 aliphatic rings. The van der Waals surface area contributed by atoms with Gasteiger partial charge in [-0.05, 0) is 33.3 Å². The molecule has 0 radical (unpaired) electrons. The highest BCUT2D eigenvalue weighted by atomic mass is 32.2. The van der Waals surface area contributed by atoms with Gasteiger partial charge in [0.2, 0.25) is 0 Å². The lowest BCUT2D eigenvalue weighted by atomic mass is 10.0. The topological polar surface area (TPSA) is 64.7 Å². The van der Waals surface area contributed by atoms with Crippen LogP contribution in [0.25, 0.3) is 0 Å². The first-order chi connectivity index (χ1) is 9.78. The predicted molar refractivity (Wildman–Crippen MR) is 86.9 cm³/mol. The molecule has 1 heterocycles. The van der Waals surface area contributed by atoms with Crippen molar-refractivity contribution < 1.29 is 9.53 Å². The Labute approximate surface area is 129 Å². The third kappa shape index (κ3) is 3.88. The molecule has 1 aromatic carbocycles. The quantitative estimate of drug-likeness (QED) is 0.850. The summed E-state index contributed by atoms with van der Waals surface area (Å²) in [4.78, 5) is 16.7. The number of nitrogens with two attached hydrogens (primary N) is 1. The number of rotatable bonds is 2. The number of nitrogens with zero attached hydrogens (tertiary/aromatic N) is 1. The number of carbonyl (C=O) groups is 1. The maximum atomic E-state index is 12.5. The minimum absolute atomic E-state index is 0.182. The fourth-order valence-corrected chi connectivity index (χ4v) is 3.18. The van der Waals surface area contributed by atoms with Crippen LogP contribution in [0.3, 0.4) is 0 Å². The zero-order valence-electron chi connectivity index (χ0n) is 12.7. The van der Waals surface area contributed by atoms with Gasteiger partial charge in [0.1, 0.15) is 5.60 Å². The third-order valence-electron chi connectivity index (χ3n) is 2.89. The van der Waals surface area contributed by atoms with Gasteiger partial charge in [0.25, 0.3) is 0 Å². The highest BCUT2D eigenvalue weighted by molar-refractivity contribution is 8.14. The van der Waals surface area contributed by atoms with E-state index in [2.05, 4.69) is 4.99 Å². The van der Waals surface area contributed by atoms with Crippen LogP contribution < -0.4 is 5.73 Å². The zero-order valence-corrected chi connectivity index (χ0v) is 13.5. The van der Waals surface area contributed by atoms with Crippen LogP contribution in [0.5, 0.6) is 0 Å². The number of ether oxygens (including phenoxy) is 1. The number of hydrogen-bond acceptors (Lipinski definition) is 5. The molecule has 0 aromatic heterocycles. The summed E-state index contributed by atoms with van der Waals surface area (Å²) >= 11 is 1.37. The van der Waals surface area contributed by atoms with Crippen molar-refractivity contribution in [2.24, 2.45) is 10.7 Å². The Kier molecular flexibility index (Phi) is 4.42. The van der Waals surface area contributed by atoms with Gasteiger partial charge in [-0.25, -0.2) is 9.79 Å². The van der Waals surface area contributed by atoms with Gasteiger partial charge in [0.05, 0.1) is 16.5 Å². The second kappa shape index (κ2) is 5.93. The molecule has 0 fully saturated rings. The van der Waals surface area contributed by atoms with E-state index in [1.807, 2.05) is 51.1 Å². The van der Waals surface area contributed by atoms with Gasteiger partial charge in [-0.1, -0.05) is 42.1 Å². The molecular formula is C16H20N2O2S. The summed E-state index contributed by atoms with van der Waals surface area (Å²) in [6, 6.07) is 9.79. The Balaban J connectivity index is 2.41. The highest BCUT2D eigenvalue weighted by Gasteiger charge is 2.32. The lowest BCUT2D eigenvalue weighted by Gasteiger charge is -2.27. The van der Waals surface area contributed by atoms with Gasteiger partial charge in [-0.15, -0.1) is 0 Å². The summed E-state index contributed by atoms with van der Waals surface area (Å²) in [5, 5.41) is 0.284. The lowest BCUT2D eigenvalue weighted by Crippen LogP contribution is -2.28. The molecule has 4 nitrogen and oxygen atoms in total. The Morgan fingerprint density at radius 1 is 1.29 bits per heavy atom. The fraction of sp³-hybridized carbons (Fsp3) is 0.375. The maximum Gasteiger partial charge on any atom is 0.337 e. The van der Waals surface area contributed by atoms with Crippen LogP contribution in [0, 0.1) is 0 Å². The van der Waals surface area contributed by atoms with E-state index >= 15 is 0 Å². The highest BCUT2D eigenvalue weighted by Crippen LogP contribution is 2.41. The van der Waals surface area contributed by atoms with Crippen molar-refractivity contribution in [1.29, 1.82) is 0 Å². The Morgan fingerprint density at radius 2 is 1.90 bits per heavy atom. The average Bonchev–Trinajstić information content (AvgIpc) is 2.36. The van der Waals surface area contributed by atoms with Gasteiger partial charge in [0.15, 0.2) is 5.17 Å². The molecule has 0 spiro atoms. The Bertz CT molecular complexity index is 600. The van der Waals surface area contributed by atoms with Crippen LogP contribution in [0.15, 0.2) is 46.6 Å². The summed E-state index contributed by atoms with van der Waals surface area (Å²) in [5.74, 6) is -0.336. The molecule has 0 bridgehead atoms. The molecule has 1 aliphatic heterocycles. The van der Waals surface area contributed by atoms with E-state index in [1.165, 1.54) is 11.8 Å². The van der Waals surface area contributed by atoms with Crippen molar-refractivity contribution in [3.8, 4) is 0 Å². The second-order valence-electron chi connectivity index (χ2n) is 5.86. The number of allylic oxidation sites excluding steroid dienone is 1. The van der Waals surface area contributed by atoms with Gasteiger partial charge in [-0.2, -0.15) is 0 Å². The molecule has 1 aromatic rings. The SMILES string of the molecule is CC1=C(C(=O)OC(C)(C)C)C(c2ccccc2)SC(N)=N1. The van der Waals surface area contributed by atoms with Gasteiger partial charge < -0.3 is 10.5 Å². The largest absolute Gasteiger partial charge is 0.457 e. The van der Waals surface area contributed by atoms with E-state index < -0.39 is 5.60 Å². The van der Waals surface area contributed by atoms with E-state index in [0.29, 0.717) is 16.4 Å². The van der Waals surface area contributed by atoms with E-state index in [9.17, 15) is 4.79 Å². The van der Waals surface area contributed by atoms with Crippen LogP contribution in [0.2, 0.25) is 0 Å². The summed E-state index contributed by atoms with van der Waals surface area (Å²) in [6.45, 7) is 7.35. The molecule has 2 N–H and O–H groups in total. The molecule has 1 unspecified atom stereocenters. The number of hydrogen-bond donors (Lipinski definition) is 1. The van der Waals surface area contributed by atoms with Crippen molar-refractivity contribution in [3.05, 3.63) is 47.2 Å². The zero-order chi connectivity index (χ0) is 15.6. The molecule has 2 rings (SSSR count). The smallest absolute Gasteiger partial charge is 0.337 e. The molecular weight excluding hydrogens is 284 g/mol. The normalized spacial score (nSPS) is 19.2. The first kappa shape index (κ1) is 15.6. The maximum absolute atomic E-state index is 12.5. The van der Waals surface area contributed by atoms with Crippen LogP contribution >= 0.6 is 11.8 Å². The number of amidine groups is 1. The monoisotopic (exact) mass is 304 g/mol. The number of carbonyl (C=O) groups excluding carboxylic acids is 1. The van der Waals surface area contributed by atoms with Crippen LogP contribution in [0.4, 0.5) is 0 Å². The Morgan fingerprint density at radius 3 is 2.48 bits per heavy atom. The molecule has 112 valence electrons. The average molecular weight is 304 g/mol. The first-order valence-corrected chi connectivity index (χ1v) is 7.66. The number of thioether (sulfide) groups is 1. The van der Waals surface area contributed by atoms with E-state index in [1.54, 1.807) is 6.92 Å². The first-order valence-electron chi connectivity index (χ1n) is 6.78. The van der Waals surface area contributed by atoms with Crippen LogP contribution in [0.1, 0.15) is 38.5 Å². The molecule has 0 saturated carbocycles. The van der Waals surface area contributed by atoms with Crippen LogP contribution in [-0.4, -0.2) is 16.7 Å². The minimum Gasteiger partial charge on any atom is -0.457 e. The molecule has 0 amide bonds. The summed E-state index contributed by atoms with van der Waals surface area (Å²) in [5.41, 5.74) is 7.53. The van der Waals surface area contributed by atoms with Crippen molar-refractivity contribution in [3.63, 3.8) is 0 Å².